The van der Waals surface area contributed by atoms with Crippen molar-refractivity contribution in [3.63, 3.8) is 0 Å². The Hall–Kier alpha value is -2.54. The van der Waals surface area contributed by atoms with E-state index in [-0.39, 0.29) is 12.8 Å². The van der Waals surface area contributed by atoms with Crippen LogP contribution in [0.1, 0.15) is 29.5 Å². The molecule has 32 heavy (non-hydrogen) atoms. The molecule has 5 heteroatoms. The summed E-state index contributed by atoms with van der Waals surface area (Å²) in [5, 5.41) is 10.00. The van der Waals surface area contributed by atoms with Crippen LogP contribution in [-0.4, -0.2) is 49.5 Å². The number of methoxy groups -OCH3 is 2. The van der Waals surface area contributed by atoms with E-state index in [0.29, 0.717) is 0 Å². The number of ether oxygens (including phenoxy) is 3. The normalized spacial score (nSPS) is 17.5. The molecular formula is C27H31NO4. The van der Waals surface area contributed by atoms with E-state index in [2.05, 4.69) is 36.4 Å². The third kappa shape index (κ3) is 3.98. The molecule has 3 aromatic carbocycles. The number of hydrogen-bond acceptors (Lipinski definition) is 5. The summed E-state index contributed by atoms with van der Waals surface area (Å²) in [6, 6.07) is 30.2. The minimum atomic E-state index is -1.40. The molecule has 0 spiro atoms. The molecular weight excluding hydrogens is 402 g/mol. The van der Waals surface area contributed by atoms with Gasteiger partial charge in [0.05, 0.1) is 12.8 Å². The lowest BCUT2D eigenvalue weighted by Crippen LogP contribution is -2.58. The number of likely N-dealkylation sites (tertiary alicyclic amines) is 1. The molecule has 1 atom stereocenters. The van der Waals surface area contributed by atoms with Crippen molar-refractivity contribution in [2.75, 3.05) is 27.5 Å². The molecule has 0 amide bonds. The Bertz CT molecular complexity index is 864. The van der Waals surface area contributed by atoms with Crippen LogP contribution in [0.5, 0.6) is 0 Å². The highest BCUT2D eigenvalue weighted by molar-refractivity contribution is 5.47. The number of benzene rings is 3. The third-order valence-electron chi connectivity index (χ3n) is 6.36. The first-order chi connectivity index (χ1) is 15.7. The van der Waals surface area contributed by atoms with E-state index in [1.807, 2.05) is 59.5 Å². The fraction of sp³-hybridized carbons (Fsp3) is 0.333. The molecule has 1 fully saturated rings. The van der Waals surface area contributed by atoms with Gasteiger partial charge in [-0.1, -0.05) is 91.0 Å². The van der Waals surface area contributed by atoms with Crippen molar-refractivity contribution < 1.29 is 19.3 Å². The average Bonchev–Trinajstić information content (AvgIpc) is 3.37. The van der Waals surface area contributed by atoms with E-state index in [9.17, 15) is 5.11 Å². The van der Waals surface area contributed by atoms with Crippen LogP contribution < -0.4 is 0 Å². The summed E-state index contributed by atoms with van der Waals surface area (Å²) < 4.78 is 19.2. The van der Waals surface area contributed by atoms with E-state index < -0.39 is 11.6 Å². The van der Waals surface area contributed by atoms with Gasteiger partial charge in [0.25, 0.3) is 0 Å². The van der Waals surface area contributed by atoms with E-state index in [0.717, 1.165) is 36.1 Å². The maximum absolute atomic E-state index is 10.00. The molecule has 1 saturated heterocycles. The maximum Gasteiger partial charge on any atom is 0.300 e. The topological polar surface area (TPSA) is 51.2 Å². The number of nitrogens with zero attached hydrogens (tertiary/aromatic N) is 1. The van der Waals surface area contributed by atoms with Crippen molar-refractivity contribution in [3.8, 4) is 0 Å². The summed E-state index contributed by atoms with van der Waals surface area (Å²) in [4.78, 5) is 1.94. The fourth-order valence-corrected chi connectivity index (χ4v) is 4.81. The Kier molecular flexibility index (Phi) is 7.04. The lowest BCUT2D eigenvalue weighted by molar-refractivity contribution is -0.408. The van der Waals surface area contributed by atoms with Crippen LogP contribution in [0.3, 0.4) is 0 Å². The van der Waals surface area contributed by atoms with Crippen molar-refractivity contribution in [2.45, 2.75) is 30.5 Å². The molecule has 1 N–H and O–H groups in total. The second kappa shape index (κ2) is 9.94. The minimum absolute atomic E-state index is 0.0858. The Balaban J connectivity index is 1.97. The molecule has 1 aliphatic heterocycles. The molecule has 0 unspecified atom stereocenters. The van der Waals surface area contributed by atoms with Gasteiger partial charge in [-0.05, 0) is 29.5 Å². The van der Waals surface area contributed by atoms with Crippen molar-refractivity contribution in [3.05, 3.63) is 108 Å². The molecule has 0 aromatic heterocycles. The first-order valence-corrected chi connectivity index (χ1v) is 11.0. The highest BCUT2D eigenvalue weighted by atomic mass is 16.9. The Morgan fingerprint density at radius 2 is 1.22 bits per heavy atom. The number of aliphatic hydroxyl groups is 1. The zero-order valence-electron chi connectivity index (χ0n) is 18.7. The van der Waals surface area contributed by atoms with Crippen LogP contribution in [0, 0.1) is 0 Å². The van der Waals surface area contributed by atoms with Gasteiger partial charge in [0.15, 0.2) is 0 Å². The largest absolute Gasteiger partial charge is 0.381 e. The fourth-order valence-electron chi connectivity index (χ4n) is 4.81. The predicted octanol–water partition coefficient (Wildman–Crippen LogP) is 4.36. The van der Waals surface area contributed by atoms with Gasteiger partial charge in [-0.25, -0.2) is 0 Å². The van der Waals surface area contributed by atoms with Gasteiger partial charge in [0.1, 0.15) is 5.60 Å². The first kappa shape index (κ1) is 22.6. The first-order valence-electron chi connectivity index (χ1n) is 11.0. The molecule has 1 aliphatic rings. The van der Waals surface area contributed by atoms with E-state index >= 15 is 0 Å². The van der Waals surface area contributed by atoms with Crippen molar-refractivity contribution in [1.29, 1.82) is 0 Å². The molecule has 0 radical (unpaired) electrons. The van der Waals surface area contributed by atoms with Crippen molar-refractivity contribution >= 4 is 0 Å². The smallest absolute Gasteiger partial charge is 0.300 e. The lowest BCUT2D eigenvalue weighted by atomic mass is 9.80. The second-order valence-corrected chi connectivity index (χ2v) is 8.00. The third-order valence-corrected chi connectivity index (χ3v) is 6.36. The van der Waals surface area contributed by atoms with Crippen LogP contribution in [0.15, 0.2) is 91.0 Å². The lowest BCUT2D eigenvalue weighted by Gasteiger charge is -2.47. The second-order valence-electron chi connectivity index (χ2n) is 8.00. The Morgan fingerprint density at radius 1 is 0.781 bits per heavy atom. The summed E-state index contributed by atoms with van der Waals surface area (Å²) in [7, 11) is 3.20. The van der Waals surface area contributed by atoms with Crippen LogP contribution in [0.25, 0.3) is 0 Å². The Morgan fingerprint density at radius 3 is 1.59 bits per heavy atom. The van der Waals surface area contributed by atoms with Crippen LogP contribution in [-0.2, 0) is 19.8 Å². The Labute approximate surface area is 190 Å². The molecule has 0 aliphatic carbocycles. The number of aliphatic hydroxyl groups excluding tert-OH is 1. The number of hydrogen-bond donors (Lipinski definition) is 1. The van der Waals surface area contributed by atoms with Crippen LogP contribution in [0.2, 0.25) is 0 Å². The number of rotatable bonds is 9. The van der Waals surface area contributed by atoms with Gasteiger partial charge in [-0.2, -0.15) is 0 Å². The monoisotopic (exact) mass is 433 g/mol. The maximum atomic E-state index is 10.00. The molecule has 0 saturated carbocycles. The SMILES string of the molecule is COC(OC)(OC(c1ccccc1)(c1ccccc1)c1ccccc1)[C@@H]1CCCN1CO. The summed E-state index contributed by atoms with van der Waals surface area (Å²) >= 11 is 0. The molecule has 168 valence electrons. The zero-order valence-corrected chi connectivity index (χ0v) is 18.7. The van der Waals surface area contributed by atoms with Gasteiger partial charge < -0.3 is 19.3 Å². The van der Waals surface area contributed by atoms with Gasteiger partial charge in [-0.15, -0.1) is 0 Å². The summed E-state index contributed by atoms with van der Waals surface area (Å²) in [5.74, 6) is -1.40. The molecule has 3 aromatic rings. The van der Waals surface area contributed by atoms with Crippen LogP contribution in [0.4, 0.5) is 0 Å². The average molecular weight is 434 g/mol. The quantitative estimate of drug-likeness (QED) is 0.402. The van der Waals surface area contributed by atoms with Crippen molar-refractivity contribution in [1.82, 2.24) is 4.90 Å². The molecule has 0 bridgehead atoms. The molecule has 4 rings (SSSR count). The van der Waals surface area contributed by atoms with Crippen molar-refractivity contribution in [2.24, 2.45) is 0 Å². The van der Waals surface area contributed by atoms with E-state index in [1.165, 1.54) is 0 Å². The van der Waals surface area contributed by atoms with Gasteiger partial charge in [0, 0.05) is 20.8 Å². The summed E-state index contributed by atoms with van der Waals surface area (Å²) in [6.07, 6.45) is 1.72. The highest BCUT2D eigenvalue weighted by Gasteiger charge is 2.53. The van der Waals surface area contributed by atoms with E-state index in [1.54, 1.807) is 14.2 Å². The van der Waals surface area contributed by atoms with Gasteiger partial charge >= 0.3 is 5.97 Å². The molecule has 1 heterocycles. The predicted molar refractivity (Wildman–Crippen MR) is 124 cm³/mol. The molecule has 5 nitrogen and oxygen atoms in total. The van der Waals surface area contributed by atoms with Crippen LogP contribution >= 0.6 is 0 Å². The highest BCUT2D eigenvalue weighted by Crippen LogP contribution is 2.46. The minimum Gasteiger partial charge on any atom is -0.381 e. The van der Waals surface area contributed by atoms with Gasteiger partial charge in [-0.3, -0.25) is 4.90 Å². The zero-order chi connectivity index (χ0) is 22.4. The standard InChI is InChI=1S/C27H31NO4/c1-30-27(31-2,25-19-12-20-28(25)21-29)32-26(22-13-6-3-7-14-22,23-15-8-4-9-16-23)24-17-10-5-11-18-24/h3-11,13-18,25,29H,12,19-21H2,1-2H3/t25-/m0/s1. The summed E-state index contributed by atoms with van der Waals surface area (Å²) in [6.45, 7) is 0.672. The van der Waals surface area contributed by atoms with E-state index in [4.69, 9.17) is 14.2 Å². The summed E-state index contributed by atoms with van der Waals surface area (Å²) in [5.41, 5.74) is 1.89. The van der Waals surface area contributed by atoms with Gasteiger partial charge in [0.2, 0.25) is 0 Å².